The summed E-state index contributed by atoms with van der Waals surface area (Å²) >= 11 is 0. The van der Waals surface area contributed by atoms with Gasteiger partial charge in [0.1, 0.15) is 5.75 Å². The van der Waals surface area contributed by atoms with Crippen LogP contribution in [0.15, 0.2) is 24.3 Å². The molecule has 0 bridgehead atoms. The number of benzene rings is 1. The van der Waals surface area contributed by atoms with Gasteiger partial charge in [-0.3, -0.25) is 4.79 Å². The van der Waals surface area contributed by atoms with E-state index in [9.17, 15) is 4.79 Å². The maximum Gasteiger partial charge on any atom is 0.306 e. The van der Waals surface area contributed by atoms with Crippen LogP contribution in [0, 0.1) is 5.92 Å². The van der Waals surface area contributed by atoms with Gasteiger partial charge in [-0.05, 0) is 37.0 Å². The Hall–Kier alpha value is -1.51. The topological polar surface area (TPSA) is 35.5 Å². The molecule has 0 N–H and O–H groups in total. The lowest BCUT2D eigenvalue weighted by Gasteiger charge is -2.11. The maximum absolute atomic E-state index is 11.3. The monoisotopic (exact) mass is 236 g/mol. The molecule has 1 rings (SSSR count). The molecular weight excluding hydrogens is 216 g/mol. The zero-order valence-corrected chi connectivity index (χ0v) is 10.7. The van der Waals surface area contributed by atoms with Crippen LogP contribution in [0.3, 0.4) is 0 Å². The molecule has 1 aromatic rings. The lowest BCUT2D eigenvalue weighted by atomic mass is 9.98. The number of carbonyl (C=O) groups is 1. The van der Waals surface area contributed by atoms with E-state index in [0.29, 0.717) is 13.0 Å². The van der Waals surface area contributed by atoms with E-state index in [2.05, 4.69) is 6.92 Å². The molecule has 0 amide bonds. The molecule has 1 aromatic carbocycles. The molecule has 0 aromatic heterocycles. The van der Waals surface area contributed by atoms with Gasteiger partial charge in [0.15, 0.2) is 0 Å². The van der Waals surface area contributed by atoms with Gasteiger partial charge in [0, 0.05) is 6.42 Å². The highest BCUT2D eigenvalue weighted by molar-refractivity contribution is 5.69. The molecule has 1 atom stereocenters. The quantitative estimate of drug-likeness (QED) is 0.712. The van der Waals surface area contributed by atoms with E-state index in [1.807, 2.05) is 31.2 Å². The predicted molar refractivity (Wildman–Crippen MR) is 67.1 cm³/mol. The fourth-order valence-electron chi connectivity index (χ4n) is 1.78. The summed E-state index contributed by atoms with van der Waals surface area (Å²) in [5.41, 5.74) is 1.18. The van der Waals surface area contributed by atoms with Crippen molar-refractivity contribution in [3.63, 3.8) is 0 Å². The average Bonchev–Trinajstić information content (AvgIpc) is 2.29. The summed E-state index contributed by atoms with van der Waals surface area (Å²) in [6, 6.07) is 7.93. The summed E-state index contributed by atoms with van der Waals surface area (Å²) in [6.07, 6.45) is 1.32. The molecule has 0 heterocycles. The van der Waals surface area contributed by atoms with E-state index >= 15 is 0 Å². The third kappa shape index (κ3) is 4.89. The standard InChI is InChI=1S/C14H20O3/c1-4-17-14(15)9-11(2)8-12-6-5-7-13(10-12)16-3/h5-7,10-11H,4,8-9H2,1-3H3. The van der Waals surface area contributed by atoms with Gasteiger partial charge >= 0.3 is 5.97 Å². The van der Waals surface area contributed by atoms with Gasteiger partial charge in [-0.25, -0.2) is 0 Å². The lowest BCUT2D eigenvalue weighted by molar-refractivity contribution is -0.144. The second kappa shape index (κ2) is 6.94. The van der Waals surface area contributed by atoms with Gasteiger partial charge in [-0.1, -0.05) is 19.1 Å². The zero-order valence-electron chi connectivity index (χ0n) is 10.7. The smallest absolute Gasteiger partial charge is 0.306 e. The highest BCUT2D eigenvalue weighted by atomic mass is 16.5. The lowest BCUT2D eigenvalue weighted by Crippen LogP contribution is -2.11. The van der Waals surface area contributed by atoms with Crippen molar-refractivity contribution >= 4 is 5.97 Å². The fraction of sp³-hybridized carbons (Fsp3) is 0.500. The van der Waals surface area contributed by atoms with Crippen LogP contribution in [0.1, 0.15) is 25.8 Å². The molecule has 94 valence electrons. The zero-order chi connectivity index (χ0) is 12.7. The van der Waals surface area contributed by atoms with Gasteiger partial charge in [-0.2, -0.15) is 0 Å². The molecule has 0 saturated heterocycles. The Labute approximate surface area is 103 Å². The molecule has 0 saturated carbocycles. The largest absolute Gasteiger partial charge is 0.497 e. The van der Waals surface area contributed by atoms with Crippen LogP contribution in [0.2, 0.25) is 0 Å². The first-order chi connectivity index (χ1) is 8.15. The molecule has 1 unspecified atom stereocenters. The summed E-state index contributed by atoms with van der Waals surface area (Å²) in [6.45, 7) is 4.33. The van der Waals surface area contributed by atoms with E-state index in [0.717, 1.165) is 12.2 Å². The highest BCUT2D eigenvalue weighted by Crippen LogP contribution is 2.17. The van der Waals surface area contributed by atoms with Gasteiger partial charge in [0.2, 0.25) is 0 Å². The Kier molecular flexibility index (Phi) is 5.53. The van der Waals surface area contributed by atoms with Gasteiger partial charge in [-0.15, -0.1) is 0 Å². The van der Waals surface area contributed by atoms with E-state index < -0.39 is 0 Å². The van der Waals surface area contributed by atoms with Crippen molar-refractivity contribution in [2.24, 2.45) is 5.92 Å². The highest BCUT2D eigenvalue weighted by Gasteiger charge is 2.10. The number of rotatable bonds is 6. The van der Waals surface area contributed by atoms with Crippen LogP contribution in [0.25, 0.3) is 0 Å². The van der Waals surface area contributed by atoms with Crippen molar-refractivity contribution in [2.75, 3.05) is 13.7 Å². The second-order valence-corrected chi connectivity index (χ2v) is 4.17. The Bertz CT molecular complexity index is 360. The van der Waals surface area contributed by atoms with Crippen LogP contribution >= 0.6 is 0 Å². The second-order valence-electron chi connectivity index (χ2n) is 4.17. The summed E-state index contributed by atoms with van der Waals surface area (Å²) < 4.78 is 10.1. The minimum absolute atomic E-state index is 0.122. The molecule has 3 nitrogen and oxygen atoms in total. The van der Waals surface area contributed by atoms with Crippen molar-refractivity contribution in [2.45, 2.75) is 26.7 Å². The molecule has 0 aliphatic rings. The first-order valence-corrected chi connectivity index (χ1v) is 5.94. The van der Waals surface area contributed by atoms with Crippen molar-refractivity contribution in [3.8, 4) is 5.75 Å². The molecule has 0 radical (unpaired) electrons. The van der Waals surface area contributed by atoms with Crippen LogP contribution < -0.4 is 4.74 Å². The SMILES string of the molecule is CCOC(=O)CC(C)Cc1cccc(OC)c1. The van der Waals surface area contributed by atoms with Crippen molar-refractivity contribution in [1.82, 2.24) is 0 Å². The minimum Gasteiger partial charge on any atom is -0.497 e. The summed E-state index contributed by atoms with van der Waals surface area (Å²) in [5, 5.41) is 0. The van der Waals surface area contributed by atoms with Crippen molar-refractivity contribution < 1.29 is 14.3 Å². The molecule has 17 heavy (non-hydrogen) atoms. The summed E-state index contributed by atoms with van der Waals surface area (Å²) in [4.78, 5) is 11.3. The number of carbonyl (C=O) groups excluding carboxylic acids is 1. The van der Waals surface area contributed by atoms with Crippen LogP contribution in [0.4, 0.5) is 0 Å². The normalized spacial score (nSPS) is 11.9. The third-order valence-electron chi connectivity index (χ3n) is 2.54. The van der Waals surface area contributed by atoms with Crippen molar-refractivity contribution in [3.05, 3.63) is 29.8 Å². The first-order valence-electron chi connectivity index (χ1n) is 5.94. The van der Waals surface area contributed by atoms with Crippen LogP contribution in [-0.2, 0) is 16.0 Å². The molecule has 0 fully saturated rings. The number of ether oxygens (including phenoxy) is 2. The maximum atomic E-state index is 11.3. The number of hydrogen-bond acceptors (Lipinski definition) is 3. The minimum atomic E-state index is -0.122. The predicted octanol–water partition coefficient (Wildman–Crippen LogP) is 2.83. The van der Waals surface area contributed by atoms with Gasteiger partial charge in [0.05, 0.1) is 13.7 Å². The first kappa shape index (κ1) is 13.6. The molecular formula is C14H20O3. The number of hydrogen-bond donors (Lipinski definition) is 0. The Morgan fingerprint density at radius 1 is 1.41 bits per heavy atom. The fourth-order valence-corrected chi connectivity index (χ4v) is 1.78. The Morgan fingerprint density at radius 2 is 2.18 bits per heavy atom. The van der Waals surface area contributed by atoms with Crippen LogP contribution in [-0.4, -0.2) is 19.7 Å². The van der Waals surface area contributed by atoms with E-state index in [4.69, 9.17) is 9.47 Å². The van der Waals surface area contributed by atoms with Gasteiger partial charge in [0.25, 0.3) is 0 Å². The molecule has 0 spiro atoms. The summed E-state index contributed by atoms with van der Waals surface area (Å²) in [7, 11) is 1.65. The van der Waals surface area contributed by atoms with E-state index in [1.165, 1.54) is 5.56 Å². The molecule has 0 aliphatic heterocycles. The van der Waals surface area contributed by atoms with E-state index in [-0.39, 0.29) is 11.9 Å². The van der Waals surface area contributed by atoms with Gasteiger partial charge < -0.3 is 9.47 Å². The third-order valence-corrected chi connectivity index (χ3v) is 2.54. The number of methoxy groups -OCH3 is 1. The Balaban J connectivity index is 2.49. The van der Waals surface area contributed by atoms with E-state index in [1.54, 1.807) is 7.11 Å². The van der Waals surface area contributed by atoms with Crippen molar-refractivity contribution in [1.29, 1.82) is 0 Å². The Morgan fingerprint density at radius 3 is 2.82 bits per heavy atom. The summed E-state index contributed by atoms with van der Waals surface area (Å²) in [5.74, 6) is 1.01. The average molecular weight is 236 g/mol. The van der Waals surface area contributed by atoms with Crippen LogP contribution in [0.5, 0.6) is 5.75 Å². The number of esters is 1. The molecule has 0 aliphatic carbocycles. The molecule has 3 heteroatoms.